The second kappa shape index (κ2) is 9.10. The molecular formula is C25H31N5O2. The number of carbonyl (C=O) groups excluding carboxylic acids is 2. The van der Waals surface area contributed by atoms with Crippen LogP contribution in [0, 0.1) is 12.8 Å². The third-order valence-electron chi connectivity index (χ3n) is 6.09. The van der Waals surface area contributed by atoms with Crippen molar-refractivity contribution in [2.24, 2.45) is 13.0 Å². The number of hydrogen-bond acceptors (Lipinski definition) is 4. The SMILES string of the molecule is Cc1nn(C)c2nc(-c3ccccc3)cc(C(=O)NC3CCCC(C(=O)NC(C)C)C3)c12. The van der Waals surface area contributed by atoms with E-state index in [1.54, 1.807) is 4.68 Å². The highest BCUT2D eigenvalue weighted by atomic mass is 16.2. The van der Waals surface area contributed by atoms with Gasteiger partial charge in [0.2, 0.25) is 5.91 Å². The summed E-state index contributed by atoms with van der Waals surface area (Å²) in [6.07, 6.45) is 3.33. The van der Waals surface area contributed by atoms with Crippen molar-refractivity contribution in [3.8, 4) is 11.3 Å². The van der Waals surface area contributed by atoms with E-state index in [0.717, 1.165) is 41.6 Å². The molecule has 0 bridgehead atoms. The van der Waals surface area contributed by atoms with Crippen LogP contribution in [0.15, 0.2) is 36.4 Å². The number of aryl methyl sites for hydroxylation is 2. The fraction of sp³-hybridized carbons (Fsp3) is 0.440. The minimum absolute atomic E-state index is 0.0282. The molecule has 2 heterocycles. The summed E-state index contributed by atoms with van der Waals surface area (Å²) in [7, 11) is 1.85. The Morgan fingerprint density at radius 1 is 1.16 bits per heavy atom. The Kier molecular flexibility index (Phi) is 6.26. The summed E-state index contributed by atoms with van der Waals surface area (Å²) in [4.78, 5) is 30.7. The summed E-state index contributed by atoms with van der Waals surface area (Å²) in [5.41, 5.74) is 3.73. The van der Waals surface area contributed by atoms with Gasteiger partial charge in [0.25, 0.3) is 5.91 Å². The van der Waals surface area contributed by atoms with Gasteiger partial charge in [-0.3, -0.25) is 14.3 Å². The number of pyridine rings is 1. The first-order chi connectivity index (χ1) is 15.3. The Morgan fingerprint density at radius 2 is 1.91 bits per heavy atom. The highest BCUT2D eigenvalue weighted by molar-refractivity contribution is 6.07. The normalized spacial score (nSPS) is 18.7. The van der Waals surface area contributed by atoms with Crippen molar-refractivity contribution in [3.05, 3.63) is 47.7 Å². The summed E-state index contributed by atoms with van der Waals surface area (Å²) in [5, 5.41) is 11.5. The average molecular weight is 434 g/mol. The largest absolute Gasteiger partial charge is 0.354 e. The van der Waals surface area contributed by atoms with Gasteiger partial charge >= 0.3 is 0 Å². The fourth-order valence-corrected chi connectivity index (χ4v) is 4.61. The first kappa shape index (κ1) is 22.0. The lowest BCUT2D eigenvalue weighted by Crippen LogP contribution is -2.43. The van der Waals surface area contributed by atoms with Crippen molar-refractivity contribution in [3.63, 3.8) is 0 Å². The van der Waals surface area contributed by atoms with E-state index >= 15 is 0 Å². The monoisotopic (exact) mass is 433 g/mol. The van der Waals surface area contributed by atoms with Crippen LogP contribution in [0.1, 0.15) is 55.6 Å². The van der Waals surface area contributed by atoms with Gasteiger partial charge in [-0.25, -0.2) is 4.98 Å². The van der Waals surface area contributed by atoms with Crippen LogP contribution in [-0.4, -0.2) is 38.7 Å². The molecule has 168 valence electrons. The summed E-state index contributed by atoms with van der Waals surface area (Å²) in [6.45, 7) is 5.83. The highest BCUT2D eigenvalue weighted by Crippen LogP contribution is 2.28. The predicted octanol–water partition coefficient (Wildman–Crippen LogP) is 3.76. The van der Waals surface area contributed by atoms with Gasteiger partial charge in [-0.15, -0.1) is 0 Å². The zero-order valence-electron chi connectivity index (χ0n) is 19.2. The lowest BCUT2D eigenvalue weighted by molar-refractivity contribution is -0.126. The standard InChI is InChI=1S/C25H31N5O2/c1-15(2)26-24(31)18-11-8-12-19(13-18)27-25(32)20-14-21(17-9-6-5-7-10-17)28-23-22(20)16(3)29-30(23)4/h5-7,9-10,14-15,18-19H,8,11-13H2,1-4H3,(H,26,31)(H,27,32). The summed E-state index contributed by atoms with van der Waals surface area (Å²) < 4.78 is 1.72. The molecule has 32 heavy (non-hydrogen) atoms. The minimum atomic E-state index is -0.138. The van der Waals surface area contributed by atoms with E-state index in [0.29, 0.717) is 17.6 Å². The molecule has 7 heteroatoms. The molecule has 2 aromatic heterocycles. The molecule has 0 radical (unpaired) electrons. The second-order valence-electron chi connectivity index (χ2n) is 9.03. The van der Waals surface area contributed by atoms with Crippen LogP contribution in [0.2, 0.25) is 0 Å². The van der Waals surface area contributed by atoms with Crippen LogP contribution < -0.4 is 10.6 Å². The lowest BCUT2D eigenvalue weighted by atomic mass is 9.84. The van der Waals surface area contributed by atoms with E-state index in [9.17, 15) is 9.59 Å². The van der Waals surface area contributed by atoms with Crippen LogP contribution in [0.25, 0.3) is 22.3 Å². The quantitative estimate of drug-likeness (QED) is 0.641. The highest BCUT2D eigenvalue weighted by Gasteiger charge is 2.29. The van der Waals surface area contributed by atoms with Crippen molar-refractivity contribution in [2.75, 3.05) is 0 Å². The Labute approximate surface area is 188 Å². The zero-order chi connectivity index (χ0) is 22.8. The molecule has 0 saturated heterocycles. The van der Waals surface area contributed by atoms with E-state index < -0.39 is 0 Å². The molecular weight excluding hydrogens is 402 g/mol. The molecule has 2 atom stereocenters. The lowest BCUT2D eigenvalue weighted by Gasteiger charge is -2.29. The smallest absolute Gasteiger partial charge is 0.252 e. The average Bonchev–Trinajstić information content (AvgIpc) is 3.07. The Bertz CT molecular complexity index is 1140. The van der Waals surface area contributed by atoms with Crippen molar-refractivity contribution in [1.82, 2.24) is 25.4 Å². The number of aromatic nitrogens is 3. The van der Waals surface area contributed by atoms with Crippen LogP contribution in [-0.2, 0) is 11.8 Å². The molecule has 2 amide bonds. The van der Waals surface area contributed by atoms with Gasteiger partial charge in [-0.1, -0.05) is 36.8 Å². The molecule has 3 aromatic rings. The number of amides is 2. The first-order valence-electron chi connectivity index (χ1n) is 11.3. The van der Waals surface area contributed by atoms with Crippen LogP contribution in [0.5, 0.6) is 0 Å². The summed E-state index contributed by atoms with van der Waals surface area (Å²) in [6, 6.07) is 11.8. The summed E-state index contributed by atoms with van der Waals surface area (Å²) in [5.74, 6) is -0.116. The number of carbonyl (C=O) groups is 2. The third-order valence-corrected chi connectivity index (χ3v) is 6.09. The van der Waals surface area contributed by atoms with Crippen molar-refractivity contribution >= 4 is 22.8 Å². The third kappa shape index (κ3) is 4.52. The molecule has 1 saturated carbocycles. The van der Waals surface area contributed by atoms with Crippen molar-refractivity contribution < 1.29 is 9.59 Å². The zero-order valence-corrected chi connectivity index (χ0v) is 19.2. The molecule has 0 spiro atoms. The van der Waals surface area contributed by atoms with Gasteiger partial charge in [-0.05, 0) is 46.1 Å². The van der Waals surface area contributed by atoms with E-state index in [4.69, 9.17) is 4.98 Å². The van der Waals surface area contributed by atoms with Crippen LogP contribution >= 0.6 is 0 Å². The van der Waals surface area contributed by atoms with Gasteiger partial charge in [0.15, 0.2) is 5.65 Å². The van der Waals surface area contributed by atoms with Crippen LogP contribution in [0.4, 0.5) is 0 Å². The topological polar surface area (TPSA) is 88.9 Å². The predicted molar refractivity (Wildman–Crippen MR) is 125 cm³/mol. The number of rotatable bonds is 5. The number of fused-ring (bicyclic) bond motifs is 1. The molecule has 1 aliphatic carbocycles. The molecule has 0 aliphatic heterocycles. The Balaban J connectivity index is 1.62. The van der Waals surface area contributed by atoms with E-state index in [1.165, 1.54) is 0 Å². The molecule has 7 nitrogen and oxygen atoms in total. The van der Waals surface area contributed by atoms with Crippen LogP contribution in [0.3, 0.4) is 0 Å². The van der Waals surface area contributed by atoms with Crippen molar-refractivity contribution in [2.45, 2.75) is 58.5 Å². The maximum atomic E-state index is 13.4. The van der Waals surface area contributed by atoms with E-state index in [1.807, 2.05) is 64.2 Å². The molecule has 4 rings (SSSR count). The minimum Gasteiger partial charge on any atom is -0.354 e. The van der Waals surface area contributed by atoms with Gasteiger partial charge in [0.05, 0.1) is 22.3 Å². The fourth-order valence-electron chi connectivity index (χ4n) is 4.61. The molecule has 1 aromatic carbocycles. The van der Waals surface area contributed by atoms with Gasteiger partial charge in [0, 0.05) is 30.6 Å². The van der Waals surface area contributed by atoms with Gasteiger partial charge < -0.3 is 10.6 Å². The molecule has 2 unspecified atom stereocenters. The van der Waals surface area contributed by atoms with Gasteiger partial charge in [-0.2, -0.15) is 5.10 Å². The first-order valence-corrected chi connectivity index (χ1v) is 11.3. The number of nitrogens with one attached hydrogen (secondary N) is 2. The van der Waals surface area contributed by atoms with E-state index in [2.05, 4.69) is 15.7 Å². The maximum absolute atomic E-state index is 13.4. The molecule has 1 fully saturated rings. The van der Waals surface area contributed by atoms with Gasteiger partial charge in [0.1, 0.15) is 0 Å². The summed E-state index contributed by atoms with van der Waals surface area (Å²) >= 11 is 0. The molecule has 2 N–H and O–H groups in total. The van der Waals surface area contributed by atoms with E-state index in [-0.39, 0.29) is 29.8 Å². The number of benzene rings is 1. The second-order valence-corrected chi connectivity index (χ2v) is 9.03. The molecule has 1 aliphatic rings. The Hall–Kier alpha value is -3.22. The Morgan fingerprint density at radius 3 is 2.62 bits per heavy atom. The number of nitrogens with zero attached hydrogens (tertiary/aromatic N) is 3. The number of hydrogen-bond donors (Lipinski definition) is 2. The van der Waals surface area contributed by atoms with Crippen molar-refractivity contribution in [1.29, 1.82) is 0 Å². The maximum Gasteiger partial charge on any atom is 0.252 e.